The van der Waals surface area contributed by atoms with E-state index in [-0.39, 0.29) is 24.6 Å². The van der Waals surface area contributed by atoms with Crippen LogP contribution in [-0.4, -0.2) is 44.1 Å². The lowest BCUT2D eigenvalue weighted by molar-refractivity contribution is -0.148. The molecule has 1 unspecified atom stereocenters. The van der Waals surface area contributed by atoms with Gasteiger partial charge in [0.1, 0.15) is 6.04 Å². The number of aliphatic carboxylic acids is 1. The first-order valence-electron chi connectivity index (χ1n) is 8.05. The second-order valence-electron chi connectivity index (χ2n) is 5.84. The molecule has 130 valence electrons. The van der Waals surface area contributed by atoms with Gasteiger partial charge < -0.3 is 10.0 Å². The molecule has 0 aliphatic carbocycles. The zero-order valence-corrected chi connectivity index (χ0v) is 14.2. The molecule has 2 rings (SSSR count). The summed E-state index contributed by atoms with van der Waals surface area (Å²) in [5.41, 5.74) is 1.50. The van der Waals surface area contributed by atoms with Crippen LogP contribution in [-0.2, 0) is 22.7 Å². The van der Waals surface area contributed by atoms with Crippen LogP contribution in [0.5, 0.6) is 0 Å². The van der Waals surface area contributed by atoms with Crippen molar-refractivity contribution >= 4 is 22.9 Å². The van der Waals surface area contributed by atoms with Crippen LogP contribution < -0.4 is 5.69 Å². The minimum Gasteiger partial charge on any atom is -0.480 e. The largest absolute Gasteiger partial charge is 0.480 e. The highest BCUT2D eigenvalue weighted by molar-refractivity contribution is 5.83. The molecule has 0 radical (unpaired) electrons. The van der Waals surface area contributed by atoms with Crippen LogP contribution in [0, 0.1) is 0 Å². The topological polar surface area (TPSA) is 84.5 Å². The lowest BCUT2D eigenvalue weighted by Crippen LogP contribution is -2.40. The number of benzene rings is 1. The van der Waals surface area contributed by atoms with Gasteiger partial charge in [-0.3, -0.25) is 13.9 Å². The van der Waals surface area contributed by atoms with Crippen molar-refractivity contribution < 1.29 is 14.7 Å². The van der Waals surface area contributed by atoms with Gasteiger partial charge >= 0.3 is 11.7 Å². The van der Waals surface area contributed by atoms with Crippen LogP contribution >= 0.6 is 0 Å². The van der Waals surface area contributed by atoms with Gasteiger partial charge in [0.2, 0.25) is 5.91 Å². The van der Waals surface area contributed by atoms with E-state index in [0.717, 1.165) is 17.5 Å². The summed E-state index contributed by atoms with van der Waals surface area (Å²) in [6.07, 6.45) is 0.917. The van der Waals surface area contributed by atoms with Crippen molar-refractivity contribution in [3.05, 3.63) is 34.7 Å². The summed E-state index contributed by atoms with van der Waals surface area (Å²) < 4.78 is 3.30. The van der Waals surface area contributed by atoms with E-state index in [1.54, 1.807) is 9.13 Å². The summed E-state index contributed by atoms with van der Waals surface area (Å²) in [6.45, 7) is 4.31. The van der Waals surface area contributed by atoms with Gasteiger partial charge in [-0.1, -0.05) is 19.1 Å². The summed E-state index contributed by atoms with van der Waals surface area (Å²) >= 11 is 0. The van der Waals surface area contributed by atoms with E-state index in [0.29, 0.717) is 6.54 Å². The van der Waals surface area contributed by atoms with Crippen LogP contribution in [0.4, 0.5) is 0 Å². The van der Waals surface area contributed by atoms with E-state index in [1.807, 2.05) is 31.2 Å². The Morgan fingerprint density at radius 2 is 1.71 bits per heavy atom. The Labute approximate surface area is 140 Å². The van der Waals surface area contributed by atoms with E-state index in [2.05, 4.69) is 0 Å². The van der Waals surface area contributed by atoms with Crippen molar-refractivity contribution in [1.29, 1.82) is 0 Å². The van der Waals surface area contributed by atoms with Crippen LogP contribution in [0.3, 0.4) is 0 Å². The number of carboxylic acids is 1. The van der Waals surface area contributed by atoms with Gasteiger partial charge in [-0.15, -0.1) is 0 Å². The van der Waals surface area contributed by atoms with Crippen molar-refractivity contribution in [2.75, 3.05) is 7.05 Å². The predicted octanol–water partition coefficient (Wildman–Crippen LogP) is 1.53. The van der Waals surface area contributed by atoms with Crippen LogP contribution in [0.2, 0.25) is 0 Å². The monoisotopic (exact) mass is 333 g/mol. The number of carbonyl (C=O) groups is 2. The summed E-state index contributed by atoms with van der Waals surface area (Å²) in [5.74, 6) is -1.35. The fourth-order valence-electron chi connectivity index (χ4n) is 2.69. The van der Waals surface area contributed by atoms with Crippen molar-refractivity contribution in [3.8, 4) is 0 Å². The molecule has 0 saturated heterocycles. The summed E-state index contributed by atoms with van der Waals surface area (Å²) in [4.78, 5) is 37.0. The van der Waals surface area contributed by atoms with Gasteiger partial charge in [0, 0.05) is 26.6 Å². The number of aromatic nitrogens is 2. The number of aryl methyl sites for hydroxylation is 2. The van der Waals surface area contributed by atoms with E-state index in [1.165, 1.54) is 18.9 Å². The molecule has 0 spiro atoms. The maximum absolute atomic E-state index is 12.6. The molecule has 1 amide bonds. The maximum Gasteiger partial charge on any atom is 0.329 e. The predicted molar refractivity (Wildman–Crippen MR) is 91.0 cm³/mol. The molecule has 2 aromatic rings. The van der Waals surface area contributed by atoms with Gasteiger partial charge in [0.15, 0.2) is 0 Å². The molecule has 24 heavy (non-hydrogen) atoms. The highest BCUT2D eigenvalue weighted by atomic mass is 16.4. The standard InChI is InChI=1S/C17H23N3O4/c1-4-10-19-13-7-5-6-8-14(13)20(17(19)24)11-9-15(21)18(3)12(2)16(22)23/h5-8,12H,4,9-11H2,1-3H3,(H,22,23). The minimum absolute atomic E-state index is 0.0775. The lowest BCUT2D eigenvalue weighted by Gasteiger charge is -2.21. The maximum atomic E-state index is 12.6. The third-order valence-corrected chi connectivity index (χ3v) is 4.25. The molecule has 1 aromatic heterocycles. The van der Waals surface area contributed by atoms with E-state index in [9.17, 15) is 14.4 Å². The minimum atomic E-state index is -1.05. The number of carbonyl (C=O) groups excluding carboxylic acids is 1. The fourth-order valence-corrected chi connectivity index (χ4v) is 2.69. The Bertz CT molecular complexity index is 806. The smallest absolute Gasteiger partial charge is 0.329 e. The normalized spacial score (nSPS) is 12.3. The highest BCUT2D eigenvalue weighted by Gasteiger charge is 2.22. The molecule has 0 saturated carbocycles. The zero-order chi connectivity index (χ0) is 17.9. The fraction of sp³-hybridized carbons (Fsp3) is 0.471. The quantitative estimate of drug-likeness (QED) is 0.833. The van der Waals surface area contributed by atoms with Crippen molar-refractivity contribution in [2.45, 2.75) is 45.8 Å². The van der Waals surface area contributed by atoms with Gasteiger partial charge in [-0.2, -0.15) is 0 Å². The first-order chi connectivity index (χ1) is 11.4. The zero-order valence-electron chi connectivity index (χ0n) is 14.2. The van der Waals surface area contributed by atoms with E-state index < -0.39 is 12.0 Å². The lowest BCUT2D eigenvalue weighted by atomic mass is 10.2. The Kier molecular flexibility index (Phi) is 5.43. The van der Waals surface area contributed by atoms with Crippen molar-refractivity contribution in [2.24, 2.45) is 0 Å². The number of para-hydroxylation sites is 2. The number of nitrogens with zero attached hydrogens (tertiary/aromatic N) is 3. The molecule has 0 aliphatic rings. The molecule has 0 aliphatic heterocycles. The van der Waals surface area contributed by atoms with Crippen LogP contribution in [0.1, 0.15) is 26.7 Å². The Hall–Kier alpha value is -2.57. The number of hydrogen-bond acceptors (Lipinski definition) is 3. The molecule has 0 fully saturated rings. The molecule has 0 bridgehead atoms. The second-order valence-corrected chi connectivity index (χ2v) is 5.84. The van der Waals surface area contributed by atoms with E-state index >= 15 is 0 Å². The molecule has 1 aromatic carbocycles. The first kappa shape index (κ1) is 17.8. The van der Waals surface area contributed by atoms with Crippen LogP contribution in [0.25, 0.3) is 11.0 Å². The number of rotatable bonds is 7. The summed E-state index contributed by atoms with van der Waals surface area (Å²) in [5, 5.41) is 8.98. The number of imidazole rings is 1. The SMILES string of the molecule is CCCn1c(=O)n(CCC(=O)N(C)C(C)C(=O)O)c2ccccc21. The molecular weight excluding hydrogens is 310 g/mol. The van der Waals surface area contributed by atoms with Gasteiger partial charge in [-0.25, -0.2) is 9.59 Å². The average molecular weight is 333 g/mol. The van der Waals surface area contributed by atoms with Gasteiger partial charge in [-0.05, 0) is 25.5 Å². The van der Waals surface area contributed by atoms with Crippen molar-refractivity contribution in [3.63, 3.8) is 0 Å². The highest BCUT2D eigenvalue weighted by Crippen LogP contribution is 2.14. The molecule has 1 heterocycles. The average Bonchev–Trinajstić information content (AvgIpc) is 2.83. The molecule has 1 atom stereocenters. The van der Waals surface area contributed by atoms with Crippen LogP contribution in [0.15, 0.2) is 29.1 Å². The number of amides is 1. The number of likely N-dealkylation sites (N-methyl/N-ethyl adjacent to an activating group) is 1. The third kappa shape index (κ3) is 3.34. The molecular formula is C17H23N3O4. The second kappa shape index (κ2) is 7.33. The molecule has 7 heteroatoms. The molecule has 7 nitrogen and oxygen atoms in total. The van der Waals surface area contributed by atoms with Gasteiger partial charge in [0.05, 0.1) is 11.0 Å². The van der Waals surface area contributed by atoms with E-state index in [4.69, 9.17) is 5.11 Å². The number of fused-ring (bicyclic) bond motifs is 1. The Balaban J connectivity index is 2.25. The van der Waals surface area contributed by atoms with Gasteiger partial charge in [0.25, 0.3) is 0 Å². The Morgan fingerprint density at radius 1 is 1.17 bits per heavy atom. The summed E-state index contributed by atoms with van der Waals surface area (Å²) in [6, 6.07) is 6.59. The Morgan fingerprint density at radius 3 is 2.21 bits per heavy atom. The third-order valence-electron chi connectivity index (χ3n) is 4.25. The van der Waals surface area contributed by atoms with Crippen molar-refractivity contribution in [1.82, 2.24) is 14.0 Å². The number of hydrogen-bond donors (Lipinski definition) is 1. The first-order valence-corrected chi connectivity index (χ1v) is 8.05. The summed E-state index contributed by atoms with van der Waals surface area (Å²) in [7, 11) is 1.46. The molecule has 1 N–H and O–H groups in total. The number of carboxylic acid groups (broad SMARTS) is 1.